The molecule has 0 saturated heterocycles. The van der Waals surface area contributed by atoms with Crippen LogP contribution < -0.4 is 10.6 Å². The summed E-state index contributed by atoms with van der Waals surface area (Å²) in [7, 11) is 0. The number of nitrogens with one attached hydrogen (secondary N) is 2. The van der Waals surface area contributed by atoms with Gasteiger partial charge >= 0.3 is 11.5 Å². The zero-order valence-corrected chi connectivity index (χ0v) is 12.6. The molecule has 10 heteroatoms. The van der Waals surface area contributed by atoms with Crippen molar-refractivity contribution in [3.05, 3.63) is 29.8 Å². The van der Waals surface area contributed by atoms with Crippen LogP contribution in [0.4, 0.5) is 18.9 Å². The van der Waals surface area contributed by atoms with Gasteiger partial charge in [0.2, 0.25) is 5.91 Å². The first-order valence-electron chi connectivity index (χ1n) is 6.23. The standard InChI is InChI=1S/C13H13F3N2O4S/c1-7(12(21)22)17-11(20)8-2-4-9(5-3-8)18-10(19)6-23-13(14,15)16/h2-5,7H,6H2,1H3,(H,17,20)(H,18,19)(H,21,22). The van der Waals surface area contributed by atoms with E-state index in [0.717, 1.165) is 0 Å². The smallest absolute Gasteiger partial charge is 0.442 e. The Morgan fingerprint density at radius 2 is 1.78 bits per heavy atom. The summed E-state index contributed by atoms with van der Waals surface area (Å²) in [5, 5.41) is 13.2. The minimum absolute atomic E-state index is 0.153. The van der Waals surface area contributed by atoms with Crippen molar-refractivity contribution in [1.29, 1.82) is 0 Å². The fourth-order valence-corrected chi connectivity index (χ4v) is 1.76. The molecule has 23 heavy (non-hydrogen) atoms. The normalized spacial score (nSPS) is 12.3. The fraction of sp³-hybridized carbons (Fsp3) is 0.308. The summed E-state index contributed by atoms with van der Waals surface area (Å²) in [5.41, 5.74) is -4.11. The van der Waals surface area contributed by atoms with E-state index in [1.165, 1.54) is 31.2 Å². The molecule has 1 aromatic carbocycles. The lowest BCUT2D eigenvalue weighted by Gasteiger charge is -2.10. The van der Waals surface area contributed by atoms with Crippen molar-refractivity contribution in [2.24, 2.45) is 0 Å². The van der Waals surface area contributed by atoms with Crippen molar-refractivity contribution in [3.8, 4) is 0 Å². The van der Waals surface area contributed by atoms with Crippen LogP contribution in [0.1, 0.15) is 17.3 Å². The number of carboxylic acid groups (broad SMARTS) is 1. The van der Waals surface area contributed by atoms with Crippen molar-refractivity contribution in [3.63, 3.8) is 0 Å². The Bertz CT molecular complexity index is 590. The van der Waals surface area contributed by atoms with E-state index >= 15 is 0 Å². The highest BCUT2D eigenvalue weighted by Gasteiger charge is 2.29. The average molecular weight is 350 g/mol. The van der Waals surface area contributed by atoms with E-state index in [4.69, 9.17) is 5.11 Å². The summed E-state index contributed by atoms with van der Waals surface area (Å²) < 4.78 is 35.9. The van der Waals surface area contributed by atoms with Gasteiger partial charge in [0.1, 0.15) is 6.04 Å². The molecule has 0 bridgehead atoms. The van der Waals surface area contributed by atoms with E-state index in [0.29, 0.717) is 0 Å². The number of carbonyl (C=O) groups is 3. The van der Waals surface area contributed by atoms with Gasteiger partial charge in [-0.15, -0.1) is 0 Å². The summed E-state index contributed by atoms with van der Waals surface area (Å²) in [5.74, 6) is -3.42. The molecule has 1 atom stereocenters. The van der Waals surface area contributed by atoms with Gasteiger partial charge in [-0.25, -0.2) is 0 Å². The first-order chi connectivity index (χ1) is 10.6. The number of benzene rings is 1. The second-order valence-electron chi connectivity index (χ2n) is 4.39. The monoisotopic (exact) mass is 350 g/mol. The lowest BCUT2D eigenvalue weighted by molar-refractivity contribution is -0.138. The lowest BCUT2D eigenvalue weighted by atomic mass is 10.2. The number of amides is 2. The van der Waals surface area contributed by atoms with Gasteiger partial charge in [0.15, 0.2) is 0 Å². The minimum Gasteiger partial charge on any atom is -0.480 e. The maximum atomic E-state index is 12.0. The molecular weight excluding hydrogens is 337 g/mol. The number of halogens is 3. The predicted octanol–water partition coefficient (Wildman–Crippen LogP) is 2.08. The number of carboxylic acids is 1. The molecule has 0 heterocycles. The van der Waals surface area contributed by atoms with E-state index in [-0.39, 0.29) is 11.3 Å². The predicted molar refractivity (Wildman–Crippen MR) is 78.1 cm³/mol. The highest BCUT2D eigenvalue weighted by molar-refractivity contribution is 8.00. The van der Waals surface area contributed by atoms with Crippen molar-refractivity contribution in [1.82, 2.24) is 5.32 Å². The van der Waals surface area contributed by atoms with Gasteiger partial charge in [-0.3, -0.25) is 14.4 Å². The Morgan fingerprint density at radius 1 is 1.22 bits per heavy atom. The second-order valence-corrected chi connectivity index (χ2v) is 5.43. The Hall–Kier alpha value is -2.23. The van der Waals surface area contributed by atoms with Crippen molar-refractivity contribution < 1.29 is 32.7 Å². The maximum Gasteiger partial charge on any atom is 0.442 e. The van der Waals surface area contributed by atoms with Gasteiger partial charge in [-0.2, -0.15) is 13.2 Å². The number of rotatable bonds is 6. The van der Waals surface area contributed by atoms with Gasteiger partial charge in [0.25, 0.3) is 5.91 Å². The molecule has 0 radical (unpaired) electrons. The summed E-state index contributed by atoms with van der Waals surface area (Å²) in [4.78, 5) is 33.7. The number of hydrogen-bond donors (Lipinski definition) is 3. The van der Waals surface area contributed by atoms with Gasteiger partial charge in [-0.1, -0.05) is 0 Å². The Kier molecular flexibility index (Phi) is 6.43. The molecule has 0 fully saturated rings. The van der Waals surface area contributed by atoms with Crippen LogP contribution in [0.2, 0.25) is 0 Å². The van der Waals surface area contributed by atoms with Gasteiger partial charge in [-0.05, 0) is 43.0 Å². The van der Waals surface area contributed by atoms with Crippen LogP contribution in [0.15, 0.2) is 24.3 Å². The molecule has 0 aliphatic heterocycles. The number of anilines is 1. The molecule has 6 nitrogen and oxygen atoms in total. The third-order valence-electron chi connectivity index (χ3n) is 2.52. The number of aliphatic carboxylic acids is 1. The number of alkyl halides is 3. The number of carbonyl (C=O) groups excluding carboxylic acids is 2. The molecule has 1 rings (SSSR count). The first kappa shape index (κ1) is 18.8. The van der Waals surface area contributed by atoms with Crippen molar-refractivity contribution in [2.45, 2.75) is 18.5 Å². The number of hydrogen-bond acceptors (Lipinski definition) is 4. The maximum absolute atomic E-state index is 12.0. The summed E-state index contributed by atoms with van der Waals surface area (Å²) in [6, 6.07) is 4.22. The molecule has 126 valence electrons. The highest BCUT2D eigenvalue weighted by atomic mass is 32.2. The van der Waals surface area contributed by atoms with Crippen LogP contribution in [0.25, 0.3) is 0 Å². The third kappa shape index (κ3) is 7.04. The van der Waals surface area contributed by atoms with Gasteiger partial charge < -0.3 is 15.7 Å². The van der Waals surface area contributed by atoms with Crippen molar-refractivity contribution >= 4 is 35.2 Å². The van der Waals surface area contributed by atoms with Crippen LogP contribution in [0.3, 0.4) is 0 Å². The Labute approximate surface area is 133 Å². The zero-order valence-electron chi connectivity index (χ0n) is 11.8. The first-order valence-corrected chi connectivity index (χ1v) is 7.21. The van der Waals surface area contributed by atoms with Crippen LogP contribution in [-0.4, -0.2) is 40.2 Å². The molecule has 1 unspecified atom stereocenters. The Morgan fingerprint density at radius 3 is 2.26 bits per heavy atom. The van der Waals surface area contributed by atoms with Gasteiger partial charge in [0.05, 0.1) is 5.75 Å². The lowest BCUT2D eigenvalue weighted by Crippen LogP contribution is -2.38. The molecule has 0 aliphatic rings. The summed E-state index contributed by atoms with van der Waals surface area (Å²) >= 11 is -0.453. The van der Waals surface area contributed by atoms with Crippen LogP contribution in [0, 0.1) is 0 Å². The van der Waals surface area contributed by atoms with E-state index in [1.807, 2.05) is 0 Å². The molecule has 1 aromatic rings. The van der Waals surface area contributed by atoms with E-state index in [2.05, 4.69) is 10.6 Å². The summed E-state index contributed by atoms with van der Waals surface area (Å²) in [6.07, 6.45) is 0. The number of thioether (sulfide) groups is 1. The molecule has 0 aromatic heterocycles. The van der Waals surface area contributed by atoms with Crippen LogP contribution >= 0.6 is 11.8 Å². The molecule has 3 N–H and O–H groups in total. The molecule has 0 aliphatic carbocycles. The quantitative estimate of drug-likeness (QED) is 0.730. The fourth-order valence-electron chi connectivity index (χ4n) is 1.39. The zero-order chi connectivity index (χ0) is 17.6. The highest BCUT2D eigenvalue weighted by Crippen LogP contribution is 2.29. The largest absolute Gasteiger partial charge is 0.480 e. The molecule has 0 spiro atoms. The van der Waals surface area contributed by atoms with E-state index in [9.17, 15) is 27.6 Å². The average Bonchev–Trinajstić information content (AvgIpc) is 2.45. The van der Waals surface area contributed by atoms with Gasteiger partial charge in [0, 0.05) is 11.3 Å². The Balaban J connectivity index is 2.58. The van der Waals surface area contributed by atoms with Crippen LogP contribution in [-0.2, 0) is 9.59 Å². The minimum atomic E-state index is -4.49. The third-order valence-corrected chi connectivity index (χ3v) is 3.25. The second kappa shape index (κ2) is 7.86. The van der Waals surface area contributed by atoms with Crippen molar-refractivity contribution in [2.75, 3.05) is 11.1 Å². The van der Waals surface area contributed by atoms with E-state index in [1.54, 1.807) is 0 Å². The SMILES string of the molecule is CC(NC(=O)c1ccc(NC(=O)CSC(F)(F)F)cc1)C(=O)O. The summed E-state index contributed by atoms with van der Waals surface area (Å²) in [6.45, 7) is 1.30. The molecular formula is C13H13F3N2O4S. The molecule has 0 saturated carbocycles. The molecule has 2 amide bonds. The van der Waals surface area contributed by atoms with Crippen LogP contribution in [0.5, 0.6) is 0 Å². The van der Waals surface area contributed by atoms with E-state index < -0.39 is 46.8 Å². The topological polar surface area (TPSA) is 95.5 Å².